The summed E-state index contributed by atoms with van der Waals surface area (Å²) in [4.78, 5) is 33.7. The fourth-order valence-corrected chi connectivity index (χ4v) is 5.38. The third-order valence-corrected chi connectivity index (χ3v) is 6.95. The molecule has 1 atom stereocenters. The molecule has 2 N–H and O–H groups in total. The molecule has 4 aliphatic heterocycles. The van der Waals surface area contributed by atoms with E-state index in [0.717, 1.165) is 54.8 Å². The summed E-state index contributed by atoms with van der Waals surface area (Å²) in [7, 11) is 0. The number of piperidine rings is 3. The van der Waals surface area contributed by atoms with Crippen LogP contribution >= 0.6 is 11.3 Å². The Hall–Kier alpha value is -2.03. The molecular formula is C19H23N5O2S. The largest absolute Gasteiger partial charge is 0.346 e. The molecule has 0 aromatic carbocycles. The van der Waals surface area contributed by atoms with E-state index in [0.29, 0.717) is 24.7 Å². The smallest absolute Gasteiger partial charge is 0.270 e. The maximum Gasteiger partial charge on any atom is 0.270 e. The molecule has 0 spiro atoms. The first-order valence-electron chi connectivity index (χ1n) is 9.60. The van der Waals surface area contributed by atoms with E-state index in [4.69, 9.17) is 0 Å². The normalized spacial score (nSPS) is 27.9. The second kappa shape index (κ2) is 6.85. The van der Waals surface area contributed by atoms with Gasteiger partial charge in [-0.15, -0.1) is 11.3 Å². The average molecular weight is 385 g/mol. The molecule has 2 amide bonds. The van der Waals surface area contributed by atoms with Crippen LogP contribution < -0.4 is 15.5 Å². The van der Waals surface area contributed by atoms with Gasteiger partial charge in [-0.3, -0.25) is 9.59 Å². The molecule has 2 aromatic rings. The summed E-state index contributed by atoms with van der Waals surface area (Å²) in [6.07, 6.45) is 4.08. The third kappa shape index (κ3) is 3.11. The van der Waals surface area contributed by atoms with Crippen LogP contribution in [0.15, 0.2) is 17.6 Å². The van der Waals surface area contributed by atoms with Crippen molar-refractivity contribution in [3.63, 3.8) is 0 Å². The number of hydrogen-bond acceptors (Lipinski definition) is 6. The lowest BCUT2D eigenvalue weighted by atomic mass is 9.84. The van der Waals surface area contributed by atoms with Crippen molar-refractivity contribution in [2.24, 2.45) is 5.92 Å². The highest BCUT2D eigenvalue weighted by Gasteiger charge is 2.35. The van der Waals surface area contributed by atoms with Crippen molar-refractivity contribution < 1.29 is 9.59 Å². The predicted octanol–water partition coefficient (Wildman–Crippen LogP) is 1.06. The standard InChI is InChI=1S/C19H23N5O2S/c25-18-9-20-3-6-24(18)16-11-27-17-8-21-14(7-13(16)17)19(26)22-15-10-23-4-1-12(15)2-5-23/h7-8,11-12,15,20H,1-6,9-10H2,(H,22,26)/t15-/m0/s1. The van der Waals surface area contributed by atoms with E-state index >= 15 is 0 Å². The Morgan fingerprint density at radius 1 is 1.30 bits per heavy atom. The number of rotatable bonds is 3. The molecular weight excluding hydrogens is 362 g/mol. The van der Waals surface area contributed by atoms with Gasteiger partial charge in [0.2, 0.25) is 5.91 Å². The number of amides is 2. The number of nitrogens with zero attached hydrogens (tertiary/aromatic N) is 3. The summed E-state index contributed by atoms with van der Waals surface area (Å²) in [6, 6.07) is 2.06. The van der Waals surface area contributed by atoms with E-state index in [2.05, 4.69) is 20.5 Å². The van der Waals surface area contributed by atoms with Gasteiger partial charge in [0.15, 0.2) is 0 Å². The van der Waals surface area contributed by atoms with Crippen molar-refractivity contribution in [2.75, 3.05) is 44.2 Å². The summed E-state index contributed by atoms with van der Waals surface area (Å²) in [6.45, 7) is 5.03. The van der Waals surface area contributed by atoms with Gasteiger partial charge in [0, 0.05) is 42.6 Å². The van der Waals surface area contributed by atoms with Crippen molar-refractivity contribution in [3.8, 4) is 0 Å². The average Bonchev–Trinajstić information content (AvgIpc) is 3.12. The number of carbonyl (C=O) groups is 2. The lowest BCUT2D eigenvalue weighted by Gasteiger charge is -2.44. The maximum atomic E-state index is 12.8. The van der Waals surface area contributed by atoms with Crippen LogP contribution in [0, 0.1) is 5.92 Å². The number of aromatic nitrogens is 1. The van der Waals surface area contributed by atoms with Crippen LogP contribution in [0.2, 0.25) is 0 Å². The van der Waals surface area contributed by atoms with Gasteiger partial charge in [-0.25, -0.2) is 4.98 Å². The topological polar surface area (TPSA) is 77.6 Å². The molecule has 8 heteroatoms. The monoisotopic (exact) mass is 385 g/mol. The molecule has 142 valence electrons. The van der Waals surface area contributed by atoms with Crippen molar-refractivity contribution in [1.29, 1.82) is 0 Å². The van der Waals surface area contributed by atoms with Crippen molar-refractivity contribution in [3.05, 3.63) is 23.3 Å². The number of nitrogens with one attached hydrogen (secondary N) is 2. The van der Waals surface area contributed by atoms with Crippen LogP contribution in [0.4, 0.5) is 5.69 Å². The van der Waals surface area contributed by atoms with Crippen molar-refractivity contribution >= 4 is 38.9 Å². The Bertz CT molecular complexity index is 889. The van der Waals surface area contributed by atoms with Crippen molar-refractivity contribution in [1.82, 2.24) is 20.5 Å². The molecule has 6 rings (SSSR count). The van der Waals surface area contributed by atoms with Gasteiger partial charge in [-0.1, -0.05) is 0 Å². The van der Waals surface area contributed by atoms with Gasteiger partial charge < -0.3 is 20.4 Å². The van der Waals surface area contributed by atoms with Crippen LogP contribution in [0.5, 0.6) is 0 Å². The lowest BCUT2D eigenvalue weighted by Crippen LogP contribution is -2.57. The van der Waals surface area contributed by atoms with Crippen LogP contribution in [0.25, 0.3) is 10.1 Å². The summed E-state index contributed by atoms with van der Waals surface area (Å²) in [5.74, 6) is 0.536. The summed E-state index contributed by atoms with van der Waals surface area (Å²) in [5.41, 5.74) is 1.32. The fourth-order valence-electron chi connectivity index (χ4n) is 4.48. The van der Waals surface area contributed by atoms with E-state index in [9.17, 15) is 9.59 Å². The van der Waals surface area contributed by atoms with Gasteiger partial charge in [0.25, 0.3) is 5.91 Å². The van der Waals surface area contributed by atoms with Crippen LogP contribution in [0.1, 0.15) is 23.3 Å². The van der Waals surface area contributed by atoms with Gasteiger partial charge >= 0.3 is 0 Å². The Morgan fingerprint density at radius 3 is 2.89 bits per heavy atom. The van der Waals surface area contributed by atoms with E-state index < -0.39 is 0 Å². The van der Waals surface area contributed by atoms with Crippen molar-refractivity contribution in [2.45, 2.75) is 18.9 Å². The van der Waals surface area contributed by atoms with Gasteiger partial charge in [-0.05, 0) is 37.9 Å². The minimum absolute atomic E-state index is 0.0658. The zero-order chi connectivity index (χ0) is 18.4. The Labute approximate surface area is 161 Å². The SMILES string of the molecule is O=C(N[C@H]1CN2CCC1CC2)c1cc2c(N3CCNCC3=O)csc2cn1. The maximum absolute atomic E-state index is 12.8. The quantitative estimate of drug-likeness (QED) is 0.826. The van der Waals surface area contributed by atoms with Gasteiger partial charge in [0.1, 0.15) is 5.69 Å². The second-order valence-corrected chi connectivity index (χ2v) is 8.54. The highest BCUT2D eigenvalue weighted by molar-refractivity contribution is 7.17. The number of piperazine rings is 1. The molecule has 2 aromatic heterocycles. The molecule has 27 heavy (non-hydrogen) atoms. The van der Waals surface area contributed by atoms with E-state index in [1.807, 2.05) is 16.3 Å². The molecule has 4 saturated heterocycles. The van der Waals surface area contributed by atoms with Crippen LogP contribution in [0.3, 0.4) is 0 Å². The highest BCUT2D eigenvalue weighted by atomic mass is 32.1. The summed E-state index contributed by atoms with van der Waals surface area (Å²) >= 11 is 1.56. The minimum Gasteiger partial charge on any atom is -0.346 e. The first kappa shape index (κ1) is 17.1. The first-order valence-corrected chi connectivity index (χ1v) is 10.5. The lowest BCUT2D eigenvalue weighted by molar-refractivity contribution is -0.118. The molecule has 0 unspecified atom stereocenters. The number of thiophene rings is 1. The van der Waals surface area contributed by atoms with E-state index in [1.54, 1.807) is 17.5 Å². The van der Waals surface area contributed by atoms with Gasteiger partial charge in [0.05, 0.1) is 16.9 Å². The summed E-state index contributed by atoms with van der Waals surface area (Å²) in [5, 5.41) is 9.22. The Kier molecular flexibility index (Phi) is 4.34. The zero-order valence-corrected chi connectivity index (χ0v) is 15.9. The van der Waals surface area contributed by atoms with Gasteiger partial charge in [-0.2, -0.15) is 0 Å². The number of hydrogen-bond donors (Lipinski definition) is 2. The molecule has 4 aliphatic rings. The molecule has 7 nitrogen and oxygen atoms in total. The number of carbonyl (C=O) groups excluding carboxylic acids is 2. The molecule has 0 radical (unpaired) electrons. The molecule has 0 aliphatic carbocycles. The minimum atomic E-state index is -0.112. The number of anilines is 1. The highest BCUT2D eigenvalue weighted by Crippen LogP contribution is 2.34. The molecule has 0 saturated carbocycles. The molecule has 4 fully saturated rings. The zero-order valence-electron chi connectivity index (χ0n) is 15.1. The third-order valence-electron chi connectivity index (χ3n) is 6.03. The molecule has 6 heterocycles. The van der Waals surface area contributed by atoms with Crippen LogP contribution in [-0.4, -0.2) is 67.0 Å². The second-order valence-electron chi connectivity index (χ2n) is 7.63. The van der Waals surface area contributed by atoms with E-state index in [1.165, 1.54) is 0 Å². The Morgan fingerprint density at radius 2 is 2.15 bits per heavy atom. The first-order chi connectivity index (χ1) is 13.2. The molecule has 2 bridgehead atoms. The summed E-state index contributed by atoms with van der Waals surface area (Å²) < 4.78 is 0.996. The Balaban J connectivity index is 1.39. The van der Waals surface area contributed by atoms with Crippen LogP contribution in [-0.2, 0) is 4.79 Å². The number of pyridine rings is 1. The number of fused-ring (bicyclic) bond motifs is 4. The van der Waals surface area contributed by atoms with E-state index in [-0.39, 0.29) is 17.9 Å². The predicted molar refractivity (Wildman–Crippen MR) is 105 cm³/mol. The fraction of sp³-hybridized carbons (Fsp3) is 0.526.